The van der Waals surface area contributed by atoms with E-state index in [1.54, 1.807) is 12.1 Å². The molecule has 0 aliphatic heterocycles. The first-order chi connectivity index (χ1) is 9.66. The second-order valence-electron chi connectivity index (χ2n) is 4.81. The molecule has 0 fully saturated rings. The molecule has 20 heavy (non-hydrogen) atoms. The number of aryl methyl sites for hydroxylation is 1. The van der Waals surface area contributed by atoms with Gasteiger partial charge in [0, 0.05) is 10.6 Å². The maximum Gasteiger partial charge on any atom is 0.335 e. The van der Waals surface area contributed by atoms with Gasteiger partial charge in [0.05, 0.1) is 5.56 Å². The van der Waals surface area contributed by atoms with Crippen molar-refractivity contribution in [1.29, 1.82) is 0 Å². The first-order valence-corrected chi connectivity index (χ1v) is 6.86. The number of benzene rings is 2. The molecule has 0 saturated heterocycles. The number of carbonyl (C=O) groups is 1. The number of halogens is 1. The number of fused-ring (bicyclic) bond motifs is 1. The average molecular weight is 285 g/mol. The minimum absolute atomic E-state index is 0.309. The van der Waals surface area contributed by atoms with E-state index in [4.69, 9.17) is 16.7 Å². The van der Waals surface area contributed by atoms with Crippen LogP contribution >= 0.6 is 11.6 Å². The minimum atomic E-state index is -0.906. The molecule has 0 amide bonds. The SMILES string of the molecule is O=C(O)c1ccc2c(c1)C(c1ccccc1Cl)=CCC2. The number of hydrogen-bond donors (Lipinski definition) is 1. The van der Waals surface area contributed by atoms with Gasteiger partial charge in [-0.15, -0.1) is 0 Å². The molecule has 0 spiro atoms. The maximum absolute atomic E-state index is 11.2. The van der Waals surface area contributed by atoms with Crippen LogP contribution in [0.4, 0.5) is 0 Å². The fourth-order valence-corrected chi connectivity index (χ4v) is 2.83. The number of allylic oxidation sites excluding steroid dienone is 1. The third kappa shape index (κ3) is 2.23. The lowest BCUT2D eigenvalue weighted by Crippen LogP contribution is -2.05. The Balaban J connectivity index is 2.17. The Hall–Kier alpha value is -2.06. The summed E-state index contributed by atoms with van der Waals surface area (Å²) in [6.07, 6.45) is 4.01. The smallest absolute Gasteiger partial charge is 0.335 e. The van der Waals surface area contributed by atoms with E-state index >= 15 is 0 Å². The molecule has 100 valence electrons. The standard InChI is InChI=1S/C17H13ClO2/c18-16-7-2-1-5-14(16)13-6-3-4-11-8-9-12(17(19)20)10-15(11)13/h1-2,5-10H,3-4H2,(H,19,20). The van der Waals surface area contributed by atoms with Crippen LogP contribution in [-0.2, 0) is 6.42 Å². The van der Waals surface area contributed by atoms with Gasteiger partial charge in [-0.05, 0) is 47.7 Å². The Morgan fingerprint density at radius 1 is 1.10 bits per heavy atom. The van der Waals surface area contributed by atoms with Crippen LogP contribution in [0.15, 0.2) is 48.5 Å². The summed E-state index contributed by atoms with van der Waals surface area (Å²) in [5.41, 5.74) is 4.44. The number of aromatic carboxylic acids is 1. The molecule has 2 aromatic rings. The fourth-order valence-electron chi connectivity index (χ4n) is 2.59. The van der Waals surface area contributed by atoms with Crippen LogP contribution in [-0.4, -0.2) is 11.1 Å². The lowest BCUT2D eigenvalue weighted by atomic mass is 9.86. The van der Waals surface area contributed by atoms with Gasteiger partial charge in [-0.3, -0.25) is 0 Å². The van der Waals surface area contributed by atoms with E-state index in [-0.39, 0.29) is 0 Å². The highest BCUT2D eigenvalue weighted by molar-refractivity contribution is 6.32. The van der Waals surface area contributed by atoms with E-state index in [0.29, 0.717) is 10.6 Å². The van der Waals surface area contributed by atoms with Crippen molar-refractivity contribution >= 4 is 23.1 Å². The number of rotatable bonds is 2. The van der Waals surface area contributed by atoms with Gasteiger partial charge in [-0.2, -0.15) is 0 Å². The van der Waals surface area contributed by atoms with Crippen molar-refractivity contribution in [3.05, 3.63) is 75.8 Å². The summed E-state index contributed by atoms with van der Waals surface area (Å²) in [6, 6.07) is 13.0. The van der Waals surface area contributed by atoms with Crippen LogP contribution in [0.1, 0.15) is 33.5 Å². The molecule has 1 N–H and O–H groups in total. The monoisotopic (exact) mass is 284 g/mol. The molecule has 1 aliphatic carbocycles. The van der Waals surface area contributed by atoms with Gasteiger partial charge >= 0.3 is 5.97 Å². The summed E-state index contributed by atoms with van der Waals surface area (Å²) >= 11 is 6.27. The highest BCUT2D eigenvalue weighted by Crippen LogP contribution is 2.35. The summed E-state index contributed by atoms with van der Waals surface area (Å²) in [7, 11) is 0. The summed E-state index contributed by atoms with van der Waals surface area (Å²) in [5.74, 6) is -0.906. The third-order valence-electron chi connectivity index (χ3n) is 3.57. The van der Waals surface area contributed by atoms with Crippen molar-refractivity contribution in [2.75, 3.05) is 0 Å². The zero-order valence-corrected chi connectivity index (χ0v) is 11.5. The van der Waals surface area contributed by atoms with Crippen LogP contribution in [0.5, 0.6) is 0 Å². The van der Waals surface area contributed by atoms with Crippen molar-refractivity contribution in [3.63, 3.8) is 0 Å². The maximum atomic E-state index is 11.2. The first kappa shape index (κ1) is 12.9. The molecule has 0 saturated carbocycles. The Bertz CT molecular complexity index is 717. The molecule has 3 heteroatoms. The van der Waals surface area contributed by atoms with Crippen molar-refractivity contribution in [1.82, 2.24) is 0 Å². The van der Waals surface area contributed by atoms with Crippen molar-refractivity contribution in [3.8, 4) is 0 Å². The summed E-state index contributed by atoms with van der Waals surface area (Å²) in [6.45, 7) is 0. The van der Waals surface area contributed by atoms with Crippen LogP contribution in [0, 0.1) is 0 Å². The molecule has 0 heterocycles. The second kappa shape index (κ2) is 5.14. The topological polar surface area (TPSA) is 37.3 Å². The van der Waals surface area contributed by atoms with Crippen LogP contribution in [0.2, 0.25) is 5.02 Å². The largest absolute Gasteiger partial charge is 0.478 e. The van der Waals surface area contributed by atoms with Crippen LogP contribution in [0.3, 0.4) is 0 Å². The van der Waals surface area contributed by atoms with Gasteiger partial charge in [-0.25, -0.2) is 4.79 Å². The van der Waals surface area contributed by atoms with E-state index < -0.39 is 5.97 Å². The molecule has 0 radical (unpaired) electrons. The van der Waals surface area contributed by atoms with Gasteiger partial charge in [0.1, 0.15) is 0 Å². The highest BCUT2D eigenvalue weighted by atomic mass is 35.5. The molecule has 0 unspecified atom stereocenters. The molecular formula is C17H13ClO2. The predicted molar refractivity (Wildman–Crippen MR) is 80.3 cm³/mol. The van der Waals surface area contributed by atoms with Crippen molar-refractivity contribution < 1.29 is 9.90 Å². The van der Waals surface area contributed by atoms with E-state index in [0.717, 1.165) is 29.5 Å². The second-order valence-corrected chi connectivity index (χ2v) is 5.22. The van der Waals surface area contributed by atoms with Crippen molar-refractivity contribution in [2.24, 2.45) is 0 Å². The minimum Gasteiger partial charge on any atom is -0.478 e. The molecule has 0 bridgehead atoms. The van der Waals surface area contributed by atoms with Crippen LogP contribution < -0.4 is 0 Å². The number of hydrogen-bond acceptors (Lipinski definition) is 1. The molecule has 2 nitrogen and oxygen atoms in total. The normalized spacial score (nSPS) is 13.6. The van der Waals surface area contributed by atoms with Crippen molar-refractivity contribution in [2.45, 2.75) is 12.8 Å². The number of carboxylic acid groups (broad SMARTS) is 1. The summed E-state index contributed by atoms with van der Waals surface area (Å²) < 4.78 is 0. The molecule has 0 aromatic heterocycles. The Labute approximate surface area is 122 Å². The van der Waals surface area contributed by atoms with Gasteiger partial charge in [0.2, 0.25) is 0 Å². The highest BCUT2D eigenvalue weighted by Gasteiger charge is 2.17. The fraction of sp³-hybridized carbons (Fsp3) is 0.118. The average Bonchev–Trinajstić information content (AvgIpc) is 2.46. The zero-order valence-electron chi connectivity index (χ0n) is 10.8. The molecule has 3 rings (SSSR count). The van der Waals surface area contributed by atoms with Gasteiger partial charge in [0.25, 0.3) is 0 Å². The quantitative estimate of drug-likeness (QED) is 0.886. The zero-order chi connectivity index (χ0) is 14.1. The van der Waals surface area contributed by atoms with Gasteiger partial charge in [-0.1, -0.05) is 41.9 Å². The van der Waals surface area contributed by atoms with E-state index in [1.807, 2.05) is 30.3 Å². The van der Waals surface area contributed by atoms with Crippen LogP contribution in [0.25, 0.3) is 5.57 Å². The van der Waals surface area contributed by atoms with E-state index in [2.05, 4.69) is 6.08 Å². The molecular weight excluding hydrogens is 272 g/mol. The Kier molecular flexibility index (Phi) is 3.33. The van der Waals surface area contributed by atoms with Gasteiger partial charge in [0.15, 0.2) is 0 Å². The first-order valence-electron chi connectivity index (χ1n) is 6.48. The lowest BCUT2D eigenvalue weighted by Gasteiger charge is -2.19. The third-order valence-corrected chi connectivity index (χ3v) is 3.90. The van der Waals surface area contributed by atoms with E-state index in [9.17, 15) is 4.79 Å². The summed E-state index contributed by atoms with van der Waals surface area (Å²) in [4.78, 5) is 11.2. The molecule has 0 atom stereocenters. The molecule has 2 aromatic carbocycles. The predicted octanol–water partition coefficient (Wildman–Crippen LogP) is 4.42. The molecule has 1 aliphatic rings. The number of carboxylic acids is 1. The Morgan fingerprint density at radius 2 is 1.90 bits per heavy atom. The van der Waals surface area contributed by atoms with Gasteiger partial charge < -0.3 is 5.11 Å². The lowest BCUT2D eigenvalue weighted by molar-refractivity contribution is 0.0697. The van der Waals surface area contributed by atoms with E-state index in [1.165, 1.54) is 5.56 Å². The Morgan fingerprint density at radius 3 is 2.65 bits per heavy atom. The summed E-state index contributed by atoms with van der Waals surface area (Å²) in [5, 5.41) is 9.84.